The van der Waals surface area contributed by atoms with Crippen LogP contribution < -0.4 is 112 Å². The normalized spacial score (nSPS) is 17.8. The number of piperidine rings is 1. The number of amides is 2. The summed E-state index contributed by atoms with van der Waals surface area (Å²) in [6.07, 6.45) is 6.62. The summed E-state index contributed by atoms with van der Waals surface area (Å²) in [6.45, 7) is 46.1. The van der Waals surface area contributed by atoms with Gasteiger partial charge in [0.15, 0.2) is 55.9 Å². The summed E-state index contributed by atoms with van der Waals surface area (Å²) in [5, 5.41) is 50.9. The number of aliphatic carboxylic acids is 5. The quantitative estimate of drug-likeness (QED) is 0.0464. The molecule has 43 nitrogen and oxygen atoms in total. The topological polar surface area (TPSA) is 556 Å². The fourth-order valence-corrected chi connectivity index (χ4v) is 19.8. The van der Waals surface area contributed by atoms with Crippen LogP contribution in [0.3, 0.4) is 0 Å². The lowest BCUT2D eigenvalue weighted by atomic mass is 9.97. The molecule has 10 aromatic rings. The third kappa shape index (κ3) is 22.2. The molecule has 11 N–H and O–H groups in total. The number of aromatic amines is 5. The van der Waals surface area contributed by atoms with Crippen molar-refractivity contribution in [1.82, 2.24) is 79.7 Å². The van der Waals surface area contributed by atoms with E-state index in [2.05, 4.69) is 137 Å². The Morgan fingerprint density at radius 2 is 0.623 bits per heavy atom. The molecule has 14 heterocycles. The molecule has 0 radical (unpaired) electrons. The molecular formula is C103H118N26O17. The number of nitrogens with one attached hydrogen (secondary N) is 6. The largest absolute Gasteiger partial charge is 0.481 e. The molecule has 1 saturated carbocycles. The van der Waals surface area contributed by atoms with Gasteiger partial charge in [0.2, 0.25) is 11.8 Å². The molecule has 43 heteroatoms. The highest BCUT2D eigenvalue weighted by Gasteiger charge is 2.39. The minimum absolute atomic E-state index is 0.154. The van der Waals surface area contributed by atoms with E-state index in [9.17, 15) is 78.0 Å². The smallest absolute Gasteiger partial charge is 0.323 e. The van der Waals surface area contributed by atoms with Gasteiger partial charge in [-0.15, -0.1) is 0 Å². The number of nitrogens with zero attached hydrogens (tertiary/aromatic N) is 20. The molecule has 146 heavy (non-hydrogen) atoms. The second-order valence-electron chi connectivity index (χ2n) is 38.3. The van der Waals surface area contributed by atoms with Gasteiger partial charge < -0.3 is 95.0 Å². The van der Waals surface area contributed by atoms with Crippen LogP contribution in [-0.4, -0.2) is 271 Å². The van der Waals surface area contributed by atoms with Gasteiger partial charge in [0.1, 0.15) is 52.6 Å². The first-order valence-electron chi connectivity index (χ1n) is 48.5. The molecular weight excluding hydrogens is 1870 g/mol. The van der Waals surface area contributed by atoms with Gasteiger partial charge in [-0.3, -0.25) is 67.3 Å². The average Bonchev–Trinajstić information content (AvgIpc) is 0.814. The zero-order chi connectivity index (χ0) is 105. The van der Waals surface area contributed by atoms with E-state index in [-0.39, 0.29) is 105 Å². The molecule has 5 aromatic carbocycles. The molecule has 4 saturated heterocycles. The summed E-state index contributed by atoms with van der Waals surface area (Å²) in [4.78, 5) is 220. The van der Waals surface area contributed by atoms with E-state index in [4.69, 9.17) is 5.11 Å². The zero-order valence-electron chi connectivity index (χ0n) is 83.2. The van der Waals surface area contributed by atoms with Crippen LogP contribution >= 0.6 is 0 Å². The third-order valence-electron chi connectivity index (χ3n) is 28.4. The van der Waals surface area contributed by atoms with Crippen molar-refractivity contribution in [1.29, 1.82) is 0 Å². The number of H-pyrrole nitrogens is 5. The standard InChI is InChI=1S/C21H22N6O5.2C21H25N5O3.2C20H23N5O3/c1-11-6-14-15(7-12(11)2)27(20-19(24-14)21(32)23-13(3)22-20)5-4-25-8-17(29)26(9-16(25)28)10-18(30)31;1-12-10-16-17(11-13(12)2)26(19-18(24-16)20(27)23-14(3)22-19)9-8-25-6-4-15(5-7-25)21(28)29;1-11-8-16-17(9-12(11)2)26(19-18(25-16)20(27)24-13(3)23-19)7-6-22-15-5-4-14(10-15)21(28)29;2*1-11-9-14-16(10-12(11)2)25(8-7-24-6-4-5-15(24)20(27)28)18-17(23-14)19(26)22-13(3)21-18/h6-7H,3-5,8-10H2,1-2H3,(H,23,32)(H,30,31);10-11,15H,3-9H2,1-2H3,(H,23,27)(H,28,29);8-9,14-15,22H,3-7,10H2,1-2H3,(H,24,27)(H,28,29);2*9-10,15H,3-8H2,1-2H3,(H,22,26)(H,27,28)/t;;14-,15+;2*15-/m..110/s1. The first-order valence-corrected chi connectivity index (χ1v) is 48.5. The first kappa shape index (κ1) is 103. The maximum Gasteiger partial charge on any atom is 0.323 e. The lowest BCUT2D eigenvalue weighted by Gasteiger charge is -2.35. The molecule has 9 aliphatic heterocycles. The van der Waals surface area contributed by atoms with Crippen molar-refractivity contribution in [3.63, 3.8) is 0 Å². The molecule has 0 spiro atoms. The number of carbonyl (C=O) groups is 7. The number of hydrogen-bond acceptors (Lipinski definition) is 31. The highest BCUT2D eigenvalue weighted by molar-refractivity contribution is 5.94. The Balaban J connectivity index is 0.000000131. The molecule has 20 rings (SSSR count). The van der Waals surface area contributed by atoms with Crippen LogP contribution in [0.2, 0.25) is 0 Å². The van der Waals surface area contributed by atoms with Gasteiger partial charge in [0.25, 0.3) is 27.8 Å². The monoisotopic (exact) mass is 1990 g/mol. The van der Waals surface area contributed by atoms with Crippen LogP contribution in [0.5, 0.6) is 0 Å². The molecule has 0 bridgehead atoms. The number of hydrogen-bond donors (Lipinski definition) is 11. The number of carboxylic acids is 5. The lowest BCUT2D eigenvalue weighted by molar-refractivity contribution is -0.154. The number of benzene rings is 5. The average molecular weight is 1990 g/mol. The second-order valence-corrected chi connectivity index (χ2v) is 38.3. The number of likely N-dealkylation sites (tertiary alicyclic amines) is 3. The highest BCUT2D eigenvalue weighted by atomic mass is 16.4. The van der Waals surface area contributed by atoms with Gasteiger partial charge in [-0.1, -0.05) is 32.9 Å². The van der Waals surface area contributed by atoms with Crippen molar-refractivity contribution < 1.29 is 59.1 Å². The summed E-state index contributed by atoms with van der Waals surface area (Å²) in [7, 11) is 0. The van der Waals surface area contributed by atoms with E-state index >= 15 is 0 Å². The number of aryl methyl sites for hydroxylation is 10. The second kappa shape index (κ2) is 42.9. The van der Waals surface area contributed by atoms with Crippen molar-refractivity contribution in [2.75, 3.05) is 136 Å². The molecule has 1 aliphatic carbocycles. The predicted molar refractivity (Wildman–Crippen MR) is 548 cm³/mol. The van der Waals surface area contributed by atoms with Crippen molar-refractivity contribution >= 4 is 161 Å². The third-order valence-corrected chi connectivity index (χ3v) is 28.4. The van der Waals surface area contributed by atoms with Crippen LogP contribution in [0.1, 0.15) is 113 Å². The Kier molecular flexibility index (Phi) is 30.2. The molecule has 10 aliphatic rings. The van der Waals surface area contributed by atoms with Gasteiger partial charge in [-0.05, 0) is 270 Å². The van der Waals surface area contributed by atoms with Crippen LogP contribution in [0.25, 0.3) is 32.9 Å². The Bertz CT molecular complexity index is 7790. The summed E-state index contributed by atoms with van der Waals surface area (Å²) >= 11 is 0. The maximum atomic E-state index is 12.5. The van der Waals surface area contributed by atoms with Crippen LogP contribution in [0, 0.1) is 81.1 Å². The molecule has 762 valence electrons. The fourth-order valence-electron chi connectivity index (χ4n) is 19.8. The number of aromatic nitrogens is 10. The Morgan fingerprint density at radius 1 is 0.336 bits per heavy atom. The van der Waals surface area contributed by atoms with Crippen LogP contribution in [-0.2, 0) is 33.6 Å². The van der Waals surface area contributed by atoms with Gasteiger partial charge in [0, 0.05) is 71.5 Å². The van der Waals surface area contributed by atoms with E-state index in [1.54, 1.807) is 4.90 Å². The van der Waals surface area contributed by atoms with Crippen LogP contribution in [0.4, 0.5) is 86.0 Å². The highest BCUT2D eigenvalue weighted by Crippen LogP contribution is 2.43. The first-order chi connectivity index (χ1) is 69.5. The molecule has 0 unspecified atom stereocenters. The number of anilines is 10. The maximum absolute atomic E-state index is 12.5. The number of carboxylic acid groups (broad SMARTS) is 5. The van der Waals surface area contributed by atoms with E-state index in [0.29, 0.717) is 141 Å². The molecule has 4 atom stereocenters. The minimum atomic E-state index is -1.17. The number of fused-ring (bicyclic) bond motifs is 10. The summed E-state index contributed by atoms with van der Waals surface area (Å²) in [5.41, 5.74) is 18.5. The van der Waals surface area contributed by atoms with E-state index in [1.807, 2.05) is 140 Å². The van der Waals surface area contributed by atoms with E-state index in [0.717, 1.165) is 164 Å². The Labute approximate surface area is 835 Å². The number of piperazine rings is 1. The fraction of sp³-hybridized carbons (Fsp3) is 0.398. The lowest BCUT2D eigenvalue weighted by Crippen LogP contribution is -2.56. The van der Waals surface area contributed by atoms with Gasteiger partial charge in [-0.25, -0.2) is 49.9 Å². The van der Waals surface area contributed by atoms with E-state index < -0.39 is 59.9 Å². The minimum Gasteiger partial charge on any atom is -0.481 e. The summed E-state index contributed by atoms with van der Waals surface area (Å²) in [6, 6.07) is 19.3. The Morgan fingerprint density at radius 3 is 0.925 bits per heavy atom. The SMILES string of the molecule is C=c1nc2c(c(=O)[nH]1)=Nc1cc(C)c(C)cc1N2CCN1CC(=O)N(CC(=O)O)CC1=O.C=c1nc2c(c(=O)[nH]1)=Nc1cc(C)c(C)cc1N2CCN1CCC(C(=O)O)CC1.C=c1nc2c(c(=O)[nH]1)=Nc1cc(C)c(C)cc1N2CCN1CCC[C@@H]1C(=O)O.C=c1nc2c(c(=O)[nH]1)=Nc1cc(C)c(C)cc1N2CCN1CCC[C@H]1C(=O)O.C=c1nc2c(c(=O)[nH]1)=Nc1cc(C)c(C)cc1N2CCN[C@H]1CC[C@@H](C(=O)O)C1. The van der Waals surface area contributed by atoms with E-state index in [1.165, 1.54) is 4.90 Å². The Hall–Kier alpha value is -16.0. The predicted octanol–water partition coefficient (Wildman–Crippen LogP) is 2.49. The van der Waals surface area contributed by atoms with Crippen molar-refractivity contribution in [3.8, 4) is 0 Å². The van der Waals surface area contributed by atoms with Crippen molar-refractivity contribution in [3.05, 3.63) is 222 Å². The van der Waals surface area contributed by atoms with Crippen molar-refractivity contribution in [2.45, 2.75) is 145 Å². The summed E-state index contributed by atoms with van der Waals surface area (Å²) in [5.74, 6) is -3.15. The van der Waals surface area contributed by atoms with Crippen molar-refractivity contribution in [2.24, 2.45) is 36.8 Å². The number of carbonyl (C=O) groups excluding carboxylic acids is 2. The zero-order valence-corrected chi connectivity index (χ0v) is 83.2. The summed E-state index contributed by atoms with van der Waals surface area (Å²) < 4.78 is 0. The van der Waals surface area contributed by atoms with Crippen LogP contribution in [0.15, 0.2) is 110 Å². The number of rotatable bonds is 22. The molecule has 5 fully saturated rings. The van der Waals surface area contributed by atoms with Gasteiger partial charge >= 0.3 is 29.8 Å². The molecule has 5 aromatic heterocycles. The molecule has 2 amide bonds. The van der Waals surface area contributed by atoms with Gasteiger partial charge in [-0.2, -0.15) is 0 Å². The van der Waals surface area contributed by atoms with Gasteiger partial charge in [0.05, 0.1) is 75.3 Å².